The molecule has 2 fully saturated rings. The van der Waals surface area contributed by atoms with Crippen LogP contribution in [0.15, 0.2) is 84.9 Å². The van der Waals surface area contributed by atoms with Gasteiger partial charge in [0.25, 0.3) is 11.8 Å². The van der Waals surface area contributed by atoms with Crippen molar-refractivity contribution in [3.63, 3.8) is 0 Å². The molecule has 3 aromatic carbocycles. The van der Waals surface area contributed by atoms with Crippen LogP contribution in [0.4, 0.5) is 21.9 Å². The van der Waals surface area contributed by atoms with Gasteiger partial charge in [0.2, 0.25) is 0 Å². The van der Waals surface area contributed by atoms with Crippen molar-refractivity contribution in [1.29, 1.82) is 0 Å². The van der Waals surface area contributed by atoms with Crippen LogP contribution in [0.5, 0.6) is 0 Å². The first kappa shape index (κ1) is 21.6. The first-order chi connectivity index (χ1) is 17.0. The normalized spacial score (nSPS) is 23.3. The Hall–Kier alpha value is -3.93. The van der Waals surface area contributed by atoms with Crippen molar-refractivity contribution in [2.45, 2.75) is 32.2 Å². The van der Waals surface area contributed by atoms with Gasteiger partial charge in [0.15, 0.2) is 5.41 Å². The Balaban J connectivity index is 1.59. The van der Waals surface area contributed by atoms with E-state index in [2.05, 4.69) is 17.9 Å². The Labute approximate surface area is 204 Å². The van der Waals surface area contributed by atoms with E-state index in [0.717, 1.165) is 24.2 Å². The smallest absolute Gasteiger partial charge is 0.342 e. The fraction of sp³-hybridized carbons (Fsp3) is 0.276. The maximum atomic E-state index is 14.5. The van der Waals surface area contributed by atoms with Gasteiger partial charge in [-0.2, -0.15) is 0 Å². The molecule has 0 aliphatic carbocycles. The number of benzene rings is 3. The number of rotatable bonds is 2. The standard InChI is InChI=1S/C29H27N3O3/c1-20-16-17-30-24-15-9-8-10-21(24)19-29(25(30)18-20)26(33)31(22-11-4-2-5-12-22)28(35)32(27(29)34)23-13-6-3-7-14-23/h2-15,20,25H,16-19H2,1H3/t20-,25+/m1/s1. The van der Waals surface area contributed by atoms with Crippen LogP contribution in [0.25, 0.3) is 0 Å². The van der Waals surface area contributed by atoms with Crippen molar-refractivity contribution < 1.29 is 14.4 Å². The van der Waals surface area contributed by atoms with Crippen LogP contribution in [-0.4, -0.2) is 30.4 Å². The van der Waals surface area contributed by atoms with Gasteiger partial charge in [-0.3, -0.25) is 9.59 Å². The predicted molar refractivity (Wildman–Crippen MR) is 135 cm³/mol. The second kappa shape index (κ2) is 8.08. The zero-order chi connectivity index (χ0) is 24.2. The molecule has 6 rings (SSSR count). The maximum Gasteiger partial charge on any atom is 0.342 e. The largest absolute Gasteiger partial charge is 0.367 e. The van der Waals surface area contributed by atoms with E-state index < -0.39 is 23.3 Å². The van der Waals surface area contributed by atoms with Gasteiger partial charge in [0.1, 0.15) is 0 Å². The van der Waals surface area contributed by atoms with Crippen LogP contribution in [0.3, 0.4) is 0 Å². The Morgan fingerprint density at radius 3 is 1.89 bits per heavy atom. The fourth-order valence-electron chi connectivity index (χ4n) is 6.07. The van der Waals surface area contributed by atoms with Gasteiger partial charge in [0.05, 0.1) is 17.4 Å². The summed E-state index contributed by atoms with van der Waals surface area (Å²) >= 11 is 0. The molecule has 3 aromatic rings. The minimum Gasteiger partial charge on any atom is -0.367 e. The molecule has 35 heavy (non-hydrogen) atoms. The van der Waals surface area contributed by atoms with Crippen LogP contribution in [0, 0.1) is 11.3 Å². The lowest BCUT2D eigenvalue weighted by Gasteiger charge is -2.56. The van der Waals surface area contributed by atoms with Gasteiger partial charge in [-0.05, 0) is 61.1 Å². The second-order valence-electron chi connectivity index (χ2n) is 9.85. The number of fused-ring (bicyclic) bond motifs is 4. The summed E-state index contributed by atoms with van der Waals surface area (Å²) < 4.78 is 0. The molecule has 0 aromatic heterocycles. The molecule has 4 amide bonds. The number of carbonyl (C=O) groups excluding carboxylic acids is 3. The molecule has 0 radical (unpaired) electrons. The third-order valence-corrected chi connectivity index (χ3v) is 7.78. The minimum atomic E-state index is -1.40. The second-order valence-corrected chi connectivity index (χ2v) is 9.85. The van der Waals surface area contributed by atoms with Gasteiger partial charge >= 0.3 is 6.03 Å². The average molecular weight is 466 g/mol. The van der Waals surface area contributed by atoms with Crippen molar-refractivity contribution >= 4 is 34.9 Å². The molecule has 0 bridgehead atoms. The van der Waals surface area contributed by atoms with Crippen molar-refractivity contribution in [1.82, 2.24) is 0 Å². The lowest BCUT2D eigenvalue weighted by atomic mass is 9.64. The summed E-state index contributed by atoms with van der Waals surface area (Å²) in [6.45, 7) is 2.95. The molecule has 0 N–H and O–H groups in total. The molecule has 3 heterocycles. The molecule has 0 unspecified atom stereocenters. The monoisotopic (exact) mass is 465 g/mol. The molecular weight excluding hydrogens is 438 g/mol. The summed E-state index contributed by atoms with van der Waals surface area (Å²) in [5.41, 5.74) is 1.61. The zero-order valence-corrected chi connectivity index (χ0v) is 19.6. The van der Waals surface area contributed by atoms with Gasteiger partial charge < -0.3 is 4.90 Å². The quantitative estimate of drug-likeness (QED) is 0.498. The molecule has 176 valence electrons. The molecule has 1 spiro atoms. The van der Waals surface area contributed by atoms with Gasteiger partial charge in [-0.1, -0.05) is 61.5 Å². The molecule has 3 aliphatic heterocycles. The molecule has 6 heteroatoms. The topological polar surface area (TPSA) is 60.9 Å². The van der Waals surface area contributed by atoms with Crippen molar-refractivity contribution in [3.8, 4) is 0 Å². The molecule has 3 aliphatic rings. The summed E-state index contributed by atoms with van der Waals surface area (Å²) in [4.78, 5) is 47.5. The summed E-state index contributed by atoms with van der Waals surface area (Å²) in [7, 11) is 0. The molecule has 0 saturated carbocycles. The third-order valence-electron chi connectivity index (χ3n) is 7.78. The van der Waals surface area contributed by atoms with Crippen molar-refractivity contribution in [3.05, 3.63) is 90.5 Å². The lowest BCUT2D eigenvalue weighted by Crippen LogP contribution is -2.74. The predicted octanol–water partition coefficient (Wildman–Crippen LogP) is 5.03. The average Bonchev–Trinajstić information content (AvgIpc) is 2.89. The molecule has 2 atom stereocenters. The van der Waals surface area contributed by atoms with Crippen LogP contribution < -0.4 is 14.7 Å². The Kier molecular flexibility index (Phi) is 4.99. The number of hydrogen-bond donors (Lipinski definition) is 0. The van der Waals surface area contributed by atoms with E-state index in [-0.39, 0.29) is 12.5 Å². The number of anilines is 3. The third kappa shape index (κ3) is 3.13. The first-order valence-corrected chi connectivity index (χ1v) is 12.2. The Morgan fingerprint density at radius 2 is 1.29 bits per heavy atom. The SMILES string of the molecule is C[C@@H]1CCN2c3ccccc3CC3(C(=O)N(c4ccccc4)C(=O)N(c4ccccc4)C3=O)[C@@H]2C1. The van der Waals surface area contributed by atoms with Crippen LogP contribution in [0.2, 0.25) is 0 Å². The van der Waals surface area contributed by atoms with Crippen LogP contribution in [-0.2, 0) is 16.0 Å². The summed E-state index contributed by atoms with van der Waals surface area (Å²) in [6, 6.07) is 25.0. The highest BCUT2D eigenvalue weighted by molar-refractivity contribution is 6.39. The first-order valence-electron chi connectivity index (χ1n) is 12.2. The van der Waals surface area contributed by atoms with E-state index in [4.69, 9.17) is 0 Å². The molecular formula is C29H27N3O3. The van der Waals surface area contributed by atoms with E-state index in [1.54, 1.807) is 48.5 Å². The highest BCUT2D eigenvalue weighted by Crippen LogP contribution is 2.50. The number of imide groups is 2. The summed E-state index contributed by atoms with van der Waals surface area (Å²) in [6.07, 6.45) is 1.98. The van der Waals surface area contributed by atoms with E-state index in [9.17, 15) is 14.4 Å². The van der Waals surface area contributed by atoms with Gasteiger partial charge in [0, 0.05) is 12.2 Å². The fourth-order valence-corrected chi connectivity index (χ4v) is 6.07. The van der Waals surface area contributed by atoms with E-state index in [0.29, 0.717) is 23.7 Å². The van der Waals surface area contributed by atoms with Crippen molar-refractivity contribution in [2.75, 3.05) is 21.2 Å². The Morgan fingerprint density at radius 1 is 0.743 bits per heavy atom. The lowest BCUT2D eigenvalue weighted by molar-refractivity contribution is -0.143. The Bertz CT molecular complexity index is 1250. The highest BCUT2D eigenvalue weighted by atomic mass is 16.2. The number of amides is 4. The number of barbiturate groups is 1. The zero-order valence-electron chi connectivity index (χ0n) is 19.6. The molecule has 2 saturated heterocycles. The number of para-hydroxylation sites is 3. The van der Waals surface area contributed by atoms with Crippen molar-refractivity contribution in [2.24, 2.45) is 11.3 Å². The number of hydrogen-bond acceptors (Lipinski definition) is 4. The van der Waals surface area contributed by atoms with Crippen LogP contribution >= 0.6 is 0 Å². The van der Waals surface area contributed by atoms with Crippen LogP contribution in [0.1, 0.15) is 25.3 Å². The van der Waals surface area contributed by atoms with E-state index in [1.165, 1.54) is 9.80 Å². The van der Waals surface area contributed by atoms with Gasteiger partial charge in [-0.15, -0.1) is 0 Å². The number of piperidine rings is 1. The van der Waals surface area contributed by atoms with E-state index in [1.807, 2.05) is 30.3 Å². The van der Waals surface area contributed by atoms with E-state index >= 15 is 0 Å². The number of nitrogens with zero attached hydrogens (tertiary/aromatic N) is 3. The maximum absolute atomic E-state index is 14.5. The summed E-state index contributed by atoms with van der Waals surface area (Å²) in [5, 5.41) is 0. The summed E-state index contributed by atoms with van der Waals surface area (Å²) in [5.74, 6) is -0.485. The number of carbonyl (C=O) groups is 3. The molecule has 6 nitrogen and oxygen atoms in total. The highest BCUT2D eigenvalue weighted by Gasteiger charge is 2.65. The number of urea groups is 1. The minimum absolute atomic E-state index is 0.272. The van der Waals surface area contributed by atoms with Gasteiger partial charge in [-0.25, -0.2) is 14.6 Å².